The van der Waals surface area contributed by atoms with E-state index in [9.17, 15) is 0 Å². The van der Waals surface area contributed by atoms with Gasteiger partial charge in [0.15, 0.2) is 0 Å². The summed E-state index contributed by atoms with van der Waals surface area (Å²) in [4.78, 5) is 4.33. The first-order chi connectivity index (χ1) is 6.24. The molecule has 0 bridgehead atoms. The Kier molecular flexibility index (Phi) is 4.81. The lowest BCUT2D eigenvalue weighted by molar-refractivity contribution is 0.894. The number of thioether (sulfide) groups is 1. The number of hydrogen-bond acceptors (Lipinski definition) is 2. The van der Waals surface area contributed by atoms with Crippen LogP contribution in [0.5, 0.6) is 0 Å². The van der Waals surface area contributed by atoms with Crippen LogP contribution in [0, 0.1) is 6.92 Å². The zero-order valence-corrected chi connectivity index (χ0v) is 10.4. The maximum atomic E-state index is 4.33. The van der Waals surface area contributed by atoms with Crippen LogP contribution in [0.25, 0.3) is 0 Å². The first-order valence-electron chi connectivity index (χ1n) is 4.49. The van der Waals surface area contributed by atoms with Crippen molar-refractivity contribution in [1.29, 1.82) is 0 Å². The van der Waals surface area contributed by atoms with Gasteiger partial charge in [-0.1, -0.05) is 13.3 Å². The van der Waals surface area contributed by atoms with Crippen LogP contribution < -0.4 is 0 Å². The lowest BCUT2D eigenvalue weighted by Crippen LogP contribution is -1.85. The highest BCUT2D eigenvalue weighted by atomic mass is 79.9. The van der Waals surface area contributed by atoms with Crippen LogP contribution in [0.2, 0.25) is 0 Å². The predicted molar refractivity (Wildman–Crippen MR) is 62.3 cm³/mol. The Labute approximate surface area is 92.5 Å². The largest absolute Gasteiger partial charge is 0.249 e. The van der Waals surface area contributed by atoms with E-state index in [-0.39, 0.29) is 0 Å². The molecule has 13 heavy (non-hydrogen) atoms. The molecule has 0 amide bonds. The number of nitrogens with zero attached hydrogens (tertiary/aromatic N) is 1. The van der Waals surface area contributed by atoms with Gasteiger partial charge in [-0.05, 0) is 46.7 Å². The van der Waals surface area contributed by atoms with E-state index < -0.39 is 0 Å². The lowest BCUT2D eigenvalue weighted by Gasteiger charge is -2.02. The molecular formula is C10H14BrNS. The molecule has 0 radical (unpaired) electrons. The molecule has 0 aromatic carbocycles. The lowest BCUT2D eigenvalue weighted by atomic mass is 10.3. The second-order valence-corrected chi connectivity index (χ2v) is 4.94. The minimum Gasteiger partial charge on any atom is -0.249 e. The summed E-state index contributed by atoms with van der Waals surface area (Å²) in [6.07, 6.45) is 4.40. The van der Waals surface area contributed by atoms with Crippen molar-refractivity contribution in [3.05, 3.63) is 22.3 Å². The van der Waals surface area contributed by atoms with Gasteiger partial charge in [0.2, 0.25) is 0 Å². The highest BCUT2D eigenvalue weighted by molar-refractivity contribution is 9.10. The summed E-state index contributed by atoms with van der Waals surface area (Å²) < 4.78 is 1.09. The fourth-order valence-electron chi connectivity index (χ4n) is 0.914. The Balaban J connectivity index is 2.53. The Morgan fingerprint density at radius 3 is 2.92 bits per heavy atom. The number of halogens is 1. The van der Waals surface area contributed by atoms with Gasteiger partial charge in [-0.15, -0.1) is 11.8 Å². The van der Waals surface area contributed by atoms with Gasteiger partial charge in [-0.25, -0.2) is 4.98 Å². The van der Waals surface area contributed by atoms with E-state index in [4.69, 9.17) is 0 Å². The molecule has 1 rings (SSSR count). The number of aromatic nitrogens is 1. The molecule has 0 aliphatic heterocycles. The van der Waals surface area contributed by atoms with E-state index in [1.54, 1.807) is 0 Å². The van der Waals surface area contributed by atoms with Crippen molar-refractivity contribution in [2.24, 2.45) is 0 Å². The van der Waals surface area contributed by atoms with Crippen molar-refractivity contribution >= 4 is 27.7 Å². The van der Waals surface area contributed by atoms with Crippen molar-refractivity contribution < 1.29 is 0 Å². The van der Waals surface area contributed by atoms with Crippen LogP contribution in [0.15, 0.2) is 21.8 Å². The Morgan fingerprint density at radius 2 is 2.31 bits per heavy atom. The molecule has 0 N–H and O–H groups in total. The van der Waals surface area contributed by atoms with Crippen molar-refractivity contribution in [3.63, 3.8) is 0 Å². The third-order valence-electron chi connectivity index (χ3n) is 1.77. The molecule has 0 unspecified atom stereocenters. The molecule has 1 aromatic rings. The third kappa shape index (κ3) is 3.69. The average Bonchev–Trinajstić information content (AvgIpc) is 2.12. The zero-order valence-electron chi connectivity index (χ0n) is 8.01. The molecule has 1 nitrogen and oxygen atoms in total. The van der Waals surface area contributed by atoms with Crippen LogP contribution >= 0.6 is 27.7 Å². The second kappa shape index (κ2) is 5.66. The van der Waals surface area contributed by atoms with Crippen LogP contribution in [-0.2, 0) is 0 Å². The van der Waals surface area contributed by atoms with Gasteiger partial charge in [-0.2, -0.15) is 0 Å². The van der Waals surface area contributed by atoms with E-state index in [1.165, 1.54) is 24.2 Å². The predicted octanol–water partition coefficient (Wildman–Crippen LogP) is 4.04. The van der Waals surface area contributed by atoms with Gasteiger partial charge in [0.05, 0.1) is 5.03 Å². The van der Waals surface area contributed by atoms with Crippen LogP contribution in [0.1, 0.15) is 25.3 Å². The Bertz CT molecular complexity index is 276. The van der Waals surface area contributed by atoms with Crippen molar-refractivity contribution in [2.45, 2.75) is 31.7 Å². The first-order valence-corrected chi connectivity index (χ1v) is 6.27. The van der Waals surface area contributed by atoms with Crippen molar-refractivity contribution in [1.82, 2.24) is 4.98 Å². The fraction of sp³-hybridized carbons (Fsp3) is 0.500. The zero-order chi connectivity index (χ0) is 9.68. The normalized spacial score (nSPS) is 10.4. The van der Waals surface area contributed by atoms with E-state index in [0.29, 0.717) is 0 Å². The van der Waals surface area contributed by atoms with Crippen molar-refractivity contribution in [2.75, 3.05) is 5.75 Å². The summed E-state index contributed by atoms with van der Waals surface area (Å²) in [7, 11) is 0. The van der Waals surface area contributed by atoms with Gasteiger partial charge in [0, 0.05) is 10.7 Å². The van der Waals surface area contributed by atoms with E-state index in [1.807, 2.05) is 18.0 Å². The molecule has 72 valence electrons. The number of pyridine rings is 1. The molecule has 0 atom stereocenters. The molecule has 0 spiro atoms. The average molecular weight is 260 g/mol. The summed E-state index contributed by atoms with van der Waals surface area (Å²) in [5.41, 5.74) is 1.26. The first kappa shape index (κ1) is 11.1. The molecule has 0 saturated heterocycles. The summed E-state index contributed by atoms with van der Waals surface area (Å²) in [6, 6.07) is 2.13. The molecule has 3 heteroatoms. The van der Waals surface area contributed by atoms with Gasteiger partial charge < -0.3 is 0 Å². The van der Waals surface area contributed by atoms with Crippen LogP contribution in [0.3, 0.4) is 0 Å². The van der Waals surface area contributed by atoms with Crippen LogP contribution in [0.4, 0.5) is 0 Å². The molecular weight excluding hydrogens is 246 g/mol. The smallest absolute Gasteiger partial charge is 0.0963 e. The maximum Gasteiger partial charge on any atom is 0.0963 e. The standard InChI is InChI=1S/C10H14BrNS/c1-3-4-5-13-10-6-8(2)9(11)7-12-10/h6-7H,3-5H2,1-2H3. The SMILES string of the molecule is CCCCSc1cc(C)c(Br)cn1. The van der Waals surface area contributed by atoms with Gasteiger partial charge in [0.1, 0.15) is 0 Å². The van der Waals surface area contributed by atoms with Gasteiger partial charge >= 0.3 is 0 Å². The van der Waals surface area contributed by atoms with E-state index in [0.717, 1.165) is 9.50 Å². The van der Waals surface area contributed by atoms with Gasteiger partial charge in [0.25, 0.3) is 0 Å². The summed E-state index contributed by atoms with van der Waals surface area (Å²) in [5, 5.41) is 1.13. The molecule has 1 aromatic heterocycles. The van der Waals surface area contributed by atoms with Gasteiger partial charge in [-0.3, -0.25) is 0 Å². The molecule has 0 saturated carbocycles. The number of rotatable bonds is 4. The van der Waals surface area contributed by atoms with Crippen LogP contribution in [-0.4, -0.2) is 10.7 Å². The van der Waals surface area contributed by atoms with E-state index in [2.05, 4.69) is 40.8 Å². The molecule has 0 aliphatic rings. The topological polar surface area (TPSA) is 12.9 Å². The fourth-order valence-corrected chi connectivity index (χ4v) is 2.16. The van der Waals surface area contributed by atoms with E-state index >= 15 is 0 Å². The second-order valence-electron chi connectivity index (χ2n) is 2.97. The summed E-state index contributed by atoms with van der Waals surface area (Å²) >= 11 is 5.28. The Morgan fingerprint density at radius 1 is 1.54 bits per heavy atom. The number of unbranched alkanes of at least 4 members (excludes halogenated alkanes) is 1. The highest BCUT2D eigenvalue weighted by Crippen LogP contribution is 2.22. The quantitative estimate of drug-likeness (QED) is 0.598. The summed E-state index contributed by atoms with van der Waals surface area (Å²) in [6.45, 7) is 4.30. The molecule has 0 fully saturated rings. The summed E-state index contributed by atoms with van der Waals surface area (Å²) in [5.74, 6) is 1.17. The molecule has 0 aliphatic carbocycles. The number of aryl methyl sites for hydroxylation is 1. The molecule has 1 heterocycles. The van der Waals surface area contributed by atoms with Crippen molar-refractivity contribution in [3.8, 4) is 0 Å². The minimum atomic E-state index is 1.09. The minimum absolute atomic E-state index is 1.09. The number of hydrogen-bond donors (Lipinski definition) is 0. The Hall–Kier alpha value is -0.0200. The highest BCUT2D eigenvalue weighted by Gasteiger charge is 1.98. The third-order valence-corrected chi connectivity index (χ3v) is 3.61. The monoisotopic (exact) mass is 259 g/mol. The maximum absolute atomic E-state index is 4.33.